The fraction of sp³-hybridized carbons (Fsp3) is 0.0909. The standard InChI is InChI=1S/C22H18N2O3/c25-20(15-7-2-1-3-8-15)14-23-22(26)17-13-19(21-11-6-12-27-21)24-18-10-5-4-9-16(17)18/h1-13,20,25H,14H2,(H,23,26)/t20-/m1/s1. The molecule has 27 heavy (non-hydrogen) atoms. The zero-order valence-corrected chi connectivity index (χ0v) is 14.5. The Morgan fingerprint density at radius 1 is 1.04 bits per heavy atom. The molecule has 2 heterocycles. The maximum Gasteiger partial charge on any atom is 0.252 e. The monoisotopic (exact) mass is 358 g/mol. The molecule has 0 fully saturated rings. The van der Waals surface area contributed by atoms with Crippen LogP contribution >= 0.6 is 0 Å². The minimum atomic E-state index is -0.771. The van der Waals surface area contributed by atoms with Gasteiger partial charge in [-0.2, -0.15) is 0 Å². The molecule has 5 heteroatoms. The number of carbonyl (C=O) groups excluding carboxylic acids is 1. The van der Waals surface area contributed by atoms with Gasteiger partial charge >= 0.3 is 0 Å². The topological polar surface area (TPSA) is 75.4 Å². The quantitative estimate of drug-likeness (QED) is 0.566. The smallest absolute Gasteiger partial charge is 0.252 e. The first kappa shape index (κ1) is 17.0. The van der Waals surface area contributed by atoms with Gasteiger partial charge in [0.25, 0.3) is 5.91 Å². The van der Waals surface area contributed by atoms with Gasteiger partial charge in [0.2, 0.25) is 0 Å². The SMILES string of the molecule is O=C(NC[C@@H](O)c1ccccc1)c1cc(-c2ccco2)nc2ccccc12. The molecular weight excluding hydrogens is 340 g/mol. The predicted molar refractivity (Wildman–Crippen MR) is 103 cm³/mol. The molecule has 0 saturated carbocycles. The molecule has 1 amide bonds. The molecule has 5 nitrogen and oxygen atoms in total. The van der Waals surface area contributed by atoms with Crippen molar-refractivity contribution in [3.05, 3.63) is 90.2 Å². The number of nitrogens with zero attached hydrogens (tertiary/aromatic N) is 1. The van der Waals surface area contributed by atoms with Crippen molar-refractivity contribution in [2.45, 2.75) is 6.10 Å². The average molecular weight is 358 g/mol. The van der Waals surface area contributed by atoms with E-state index < -0.39 is 6.10 Å². The van der Waals surface area contributed by atoms with Gasteiger partial charge in [0.15, 0.2) is 5.76 Å². The Morgan fingerprint density at radius 3 is 2.59 bits per heavy atom. The number of amides is 1. The van der Waals surface area contributed by atoms with Crippen molar-refractivity contribution in [2.75, 3.05) is 6.54 Å². The maximum atomic E-state index is 12.8. The van der Waals surface area contributed by atoms with E-state index in [1.807, 2.05) is 54.6 Å². The second-order valence-corrected chi connectivity index (χ2v) is 6.19. The molecule has 0 aliphatic carbocycles. The van der Waals surface area contributed by atoms with Crippen LogP contribution in [-0.4, -0.2) is 22.5 Å². The summed E-state index contributed by atoms with van der Waals surface area (Å²) in [7, 11) is 0. The number of para-hydroxylation sites is 1. The summed E-state index contributed by atoms with van der Waals surface area (Å²) >= 11 is 0. The van der Waals surface area contributed by atoms with Crippen molar-refractivity contribution >= 4 is 16.8 Å². The number of fused-ring (bicyclic) bond motifs is 1. The lowest BCUT2D eigenvalue weighted by Crippen LogP contribution is -2.28. The number of aromatic nitrogens is 1. The first-order valence-corrected chi connectivity index (χ1v) is 8.67. The Hall–Kier alpha value is -3.44. The third-order valence-corrected chi connectivity index (χ3v) is 4.37. The molecule has 4 aromatic rings. The van der Waals surface area contributed by atoms with Gasteiger partial charge in [-0.3, -0.25) is 4.79 Å². The van der Waals surface area contributed by atoms with Gasteiger partial charge in [-0.05, 0) is 29.8 Å². The maximum absolute atomic E-state index is 12.8. The number of nitrogens with one attached hydrogen (secondary N) is 1. The molecule has 0 radical (unpaired) electrons. The summed E-state index contributed by atoms with van der Waals surface area (Å²) in [6.07, 6.45) is 0.801. The van der Waals surface area contributed by atoms with E-state index in [2.05, 4.69) is 10.3 Å². The summed E-state index contributed by atoms with van der Waals surface area (Å²) in [5.74, 6) is 0.329. The minimum Gasteiger partial charge on any atom is -0.463 e. The molecule has 4 rings (SSSR count). The molecular formula is C22H18N2O3. The summed E-state index contributed by atoms with van der Waals surface area (Å²) in [6.45, 7) is 0.121. The van der Waals surface area contributed by atoms with E-state index in [-0.39, 0.29) is 12.5 Å². The lowest BCUT2D eigenvalue weighted by molar-refractivity contribution is 0.0918. The number of hydrogen-bond acceptors (Lipinski definition) is 4. The van der Waals surface area contributed by atoms with Crippen molar-refractivity contribution in [1.29, 1.82) is 0 Å². The molecule has 0 aliphatic heterocycles. The fourth-order valence-electron chi connectivity index (χ4n) is 2.99. The van der Waals surface area contributed by atoms with E-state index in [0.29, 0.717) is 22.5 Å². The zero-order chi connectivity index (χ0) is 18.6. The molecule has 2 N–H and O–H groups in total. The van der Waals surface area contributed by atoms with Crippen LogP contribution in [0.1, 0.15) is 22.0 Å². The summed E-state index contributed by atoms with van der Waals surface area (Å²) < 4.78 is 5.43. The van der Waals surface area contributed by atoms with Gasteiger partial charge in [0.05, 0.1) is 23.4 Å². The van der Waals surface area contributed by atoms with Gasteiger partial charge in [-0.1, -0.05) is 48.5 Å². The highest BCUT2D eigenvalue weighted by Gasteiger charge is 2.16. The second kappa shape index (κ2) is 7.43. The van der Waals surface area contributed by atoms with E-state index in [9.17, 15) is 9.90 Å². The molecule has 0 unspecified atom stereocenters. The Balaban J connectivity index is 1.63. The van der Waals surface area contributed by atoms with E-state index >= 15 is 0 Å². The normalized spacial score (nSPS) is 12.0. The lowest BCUT2D eigenvalue weighted by atomic mass is 10.1. The van der Waals surface area contributed by atoms with Crippen LogP contribution in [-0.2, 0) is 0 Å². The largest absolute Gasteiger partial charge is 0.463 e. The first-order chi connectivity index (χ1) is 13.2. The Kier molecular flexibility index (Phi) is 4.68. The average Bonchev–Trinajstić information content (AvgIpc) is 3.26. The van der Waals surface area contributed by atoms with Crippen molar-refractivity contribution in [1.82, 2.24) is 10.3 Å². The summed E-state index contributed by atoms with van der Waals surface area (Å²) in [4.78, 5) is 17.4. The molecule has 2 aromatic heterocycles. The van der Waals surface area contributed by atoms with Crippen LogP contribution in [0.4, 0.5) is 0 Å². The molecule has 2 aromatic carbocycles. The first-order valence-electron chi connectivity index (χ1n) is 8.67. The third-order valence-electron chi connectivity index (χ3n) is 4.37. The van der Waals surface area contributed by atoms with Crippen LogP contribution in [0.3, 0.4) is 0 Å². The lowest BCUT2D eigenvalue weighted by Gasteiger charge is -2.13. The van der Waals surface area contributed by atoms with Gasteiger partial charge in [0.1, 0.15) is 5.69 Å². The van der Waals surface area contributed by atoms with Crippen molar-refractivity contribution < 1.29 is 14.3 Å². The Labute approximate surface area is 156 Å². The molecule has 0 aliphatic rings. The predicted octanol–water partition coefficient (Wildman–Crippen LogP) is 3.96. The van der Waals surface area contributed by atoms with Crippen molar-refractivity contribution in [3.8, 4) is 11.5 Å². The van der Waals surface area contributed by atoms with E-state index in [0.717, 1.165) is 10.9 Å². The molecule has 0 bridgehead atoms. The van der Waals surface area contributed by atoms with Crippen molar-refractivity contribution in [2.24, 2.45) is 0 Å². The fourth-order valence-corrected chi connectivity index (χ4v) is 2.99. The van der Waals surface area contributed by atoms with Crippen molar-refractivity contribution in [3.63, 3.8) is 0 Å². The highest BCUT2D eigenvalue weighted by Crippen LogP contribution is 2.25. The molecule has 0 spiro atoms. The highest BCUT2D eigenvalue weighted by atomic mass is 16.3. The van der Waals surface area contributed by atoms with Crippen LogP contribution in [0.2, 0.25) is 0 Å². The van der Waals surface area contributed by atoms with Gasteiger partial charge in [-0.15, -0.1) is 0 Å². The second-order valence-electron chi connectivity index (χ2n) is 6.19. The number of aliphatic hydroxyl groups is 1. The van der Waals surface area contributed by atoms with E-state index in [1.54, 1.807) is 24.5 Å². The van der Waals surface area contributed by atoms with Crippen LogP contribution in [0.25, 0.3) is 22.4 Å². The Morgan fingerprint density at radius 2 is 1.81 bits per heavy atom. The van der Waals surface area contributed by atoms with Crippen LogP contribution < -0.4 is 5.32 Å². The number of pyridine rings is 1. The number of furan rings is 1. The molecule has 134 valence electrons. The highest BCUT2D eigenvalue weighted by molar-refractivity contribution is 6.07. The number of aliphatic hydroxyl groups excluding tert-OH is 1. The van der Waals surface area contributed by atoms with E-state index in [4.69, 9.17) is 4.42 Å². The van der Waals surface area contributed by atoms with Crippen LogP contribution in [0.15, 0.2) is 83.5 Å². The number of rotatable bonds is 5. The number of carbonyl (C=O) groups is 1. The summed E-state index contributed by atoms with van der Waals surface area (Å²) in [5, 5.41) is 13.9. The number of benzene rings is 2. The van der Waals surface area contributed by atoms with E-state index in [1.165, 1.54) is 0 Å². The van der Waals surface area contributed by atoms with Crippen LogP contribution in [0.5, 0.6) is 0 Å². The molecule has 0 saturated heterocycles. The Bertz CT molecular complexity index is 1060. The van der Waals surface area contributed by atoms with Gasteiger partial charge in [0, 0.05) is 11.9 Å². The summed E-state index contributed by atoms with van der Waals surface area (Å²) in [5.41, 5.74) is 2.55. The summed E-state index contributed by atoms with van der Waals surface area (Å²) in [6, 6.07) is 22.0. The zero-order valence-electron chi connectivity index (χ0n) is 14.5. The number of hydrogen-bond donors (Lipinski definition) is 2. The third kappa shape index (κ3) is 3.59. The molecule has 1 atom stereocenters. The van der Waals surface area contributed by atoms with Gasteiger partial charge in [-0.25, -0.2) is 4.98 Å². The van der Waals surface area contributed by atoms with Crippen LogP contribution in [0, 0.1) is 0 Å². The van der Waals surface area contributed by atoms with Gasteiger partial charge < -0.3 is 14.8 Å². The minimum absolute atomic E-state index is 0.121.